The van der Waals surface area contributed by atoms with Crippen LogP contribution in [0.4, 0.5) is 5.69 Å². The van der Waals surface area contributed by atoms with Gasteiger partial charge in [-0.2, -0.15) is 5.10 Å². The van der Waals surface area contributed by atoms with Crippen LogP contribution >= 0.6 is 0 Å². The molecule has 1 aliphatic heterocycles. The van der Waals surface area contributed by atoms with Crippen molar-refractivity contribution in [2.45, 2.75) is 32.9 Å². The van der Waals surface area contributed by atoms with Gasteiger partial charge in [-0.05, 0) is 31.5 Å². The second kappa shape index (κ2) is 7.59. The molecule has 7 nitrogen and oxygen atoms in total. The van der Waals surface area contributed by atoms with Gasteiger partial charge in [0.05, 0.1) is 31.5 Å². The summed E-state index contributed by atoms with van der Waals surface area (Å²) < 4.78 is 6.98. The summed E-state index contributed by atoms with van der Waals surface area (Å²) in [5.74, 6) is 0.381. The van der Waals surface area contributed by atoms with Crippen LogP contribution in [-0.4, -0.2) is 46.2 Å². The van der Waals surface area contributed by atoms with E-state index in [0.29, 0.717) is 18.8 Å². The molecule has 138 valence electrons. The van der Waals surface area contributed by atoms with Crippen molar-refractivity contribution >= 4 is 17.5 Å². The molecule has 7 heteroatoms. The van der Waals surface area contributed by atoms with Crippen LogP contribution in [0.2, 0.25) is 0 Å². The molecule has 1 unspecified atom stereocenters. The number of nitrogens with zero attached hydrogens (tertiary/aromatic N) is 3. The third-order valence-electron chi connectivity index (χ3n) is 4.53. The second-order valence-corrected chi connectivity index (χ2v) is 6.81. The highest BCUT2D eigenvalue weighted by Crippen LogP contribution is 2.22. The fourth-order valence-electron chi connectivity index (χ4n) is 3.12. The Morgan fingerprint density at radius 2 is 2.23 bits per heavy atom. The monoisotopic (exact) mass is 356 g/mol. The molecule has 2 aromatic rings. The average Bonchev–Trinajstić information content (AvgIpc) is 3.21. The first-order valence-corrected chi connectivity index (χ1v) is 8.72. The Bertz CT molecular complexity index is 800. The van der Waals surface area contributed by atoms with Gasteiger partial charge in [0.25, 0.3) is 0 Å². The van der Waals surface area contributed by atoms with Crippen molar-refractivity contribution in [3.05, 3.63) is 42.2 Å². The molecular weight excluding hydrogens is 332 g/mol. The van der Waals surface area contributed by atoms with Crippen LogP contribution in [0.3, 0.4) is 0 Å². The molecule has 2 amide bonds. The molecular formula is C19H24N4O3. The zero-order valence-electron chi connectivity index (χ0n) is 15.3. The zero-order chi connectivity index (χ0) is 18.7. The van der Waals surface area contributed by atoms with Crippen LogP contribution in [0.25, 0.3) is 0 Å². The number of rotatable bonds is 6. The summed E-state index contributed by atoms with van der Waals surface area (Å²) in [7, 11) is 1.63. The van der Waals surface area contributed by atoms with Gasteiger partial charge in [0, 0.05) is 25.2 Å². The van der Waals surface area contributed by atoms with Gasteiger partial charge < -0.3 is 15.0 Å². The van der Waals surface area contributed by atoms with Crippen LogP contribution in [0.15, 0.2) is 36.7 Å². The smallest absolute Gasteiger partial charge is 0.229 e. The van der Waals surface area contributed by atoms with Gasteiger partial charge in [0.1, 0.15) is 5.75 Å². The van der Waals surface area contributed by atoms with Crippen LogP contribution in [0.5, 0.6) is 5.75 Å². The van der Waals surface area contributed by atoms with Crippen molar-refractivity contribution in [3.8, 4) is 5.75 Å². The second-order valence-electron chi connectivity index (χ2n) is 6.81. The molecule has 1 atom stereocenters. The lowest BCUT2D eigenvalue weighted by molar-refractivity contribution is -0.129. The van der Waals surface area contributed by atoms with Crippen molar-refractivity contribution < 1.29 is 14.3 Å². The number of methoxy groups -OCH3 is 1. The number of nitrogens with one attached hydrogen (secondary N) is 1. The molecule has 1 aromatic carbocycles. The van der Waals surface area contributed by atoms with Gasteiger partial charge in [0.2, 0.25) is 11.8 Å². The lowest BCUT2D eigenvalue weighted by Crippen LogP contribution is -2.33. The molecule has 0 spiro atoms. The zero-order valence-corrected chi connectivity index (χ0v) is 15.3. The first-order valence-electron chi connectivity index (χ1n) is 8.72. The van der Waals surface area contributed by atoms with Crippen molar-refractivity contribution in [3.63, 3.8) is 0 Å². The highest BCUT2D eigenvalue weighted by Gasteiger charge is 2.35. The molecule has 1 fully saturated rings. The number of likely N-dealkylation sites (tertiary alicyclic amines) is 1. The van der Waals surface area contributed by atoms with E-state index < -0.39 is 0 Å². The number of carbonyl (C=O) groups excluding carboxylic acids is 2. The normalized spacial score (nSPS) is 17.0. The SMILES string of the molecule is COc1cccc(Cn2cc(NC(=O)C3CC(=O)N(C(C)C)C3)cn2)c1. The van der Waals surface area contributed by atoms with E-state index >= 15 is 0 Å². The highest BCUT2D eigenvalue weighted by atomic mass is 16.5. The Hall–Kier alpha value is -2.83. The summed E-state index contributed by atoms with van der Waals surface area (Å²) >= 11 is 0. The largest absolute Gasteiger partial charge is 0.497 e. The molecule has 0 saturated carbocycles. The molecule has 26 heavy (non-hydrogen) atoms. The third-order valence-corrected chi connectivity index (χ3v) is 4.53. The number of aromatic nitrogens is 2. The number of anilines is 1. The molecule has 0 bridgehead atoms. The van der Waals surface area contributed by atoms with Gasteiger partial charge in [-0.3, -0.25) is 14.3 Å². The topological polar surface area (TPSA) is 76.5 Å². The summed E-state index contributed by atoms with van der Waals surface area (Å²) in [4.78, 5) is 26.1. The van der Waals surface area contributed by atoms with E-state index in [-0.39, 0.29) is 30.2 Å². The summed E-state index contributed by atoms with van der Waals surface area (Å²) in [6, 6.07) is 7.88. The van der Waals surface area contributed by atoms with E-state index in [0.717, 1.165) is 11.3 Å². The number of ether oxygens (including phenoxy) is 1. The van der Waals surface area contributed by atoms with E-state index in [1.807, 2.05) is 38.1 Å². The van der Waals surface area contributed by atoms with E-state index in [9.17, 15) is 9.59 Å². The minimum atomic E-state index is -0.313. The first kappa shape index (κ1) is 18.0. The molecule has 1 N–H and O–H groups in total. The van der Waals surface area contributed by atoms with E-state index in [1.54, 1.807) is 29.1 Å². The van der Waals surface area contributed by atoms with E-state index in [4.69, 9.17) is 4.74 Å². The van der Waals surface area contributed by atoms with Gasteiger partial charge in [-0.1, -0.05) is 12.1 Å². The van der Waals surface area contributed by atoms with Gasteiger partial charge >= 0.3 is 0 Å². The number of carbonyl (C=O) groups is 2. The average molecular weight is 356 g/mol. The fourth-order valence-corrected chi connectivity index (χ4v) is 3.12. The van der Waals surface area contributed by atoms with E-state index in [2.05, 4.69) is 10.4 Å². The summed E-state index contributed by atoms with van der Waals surface area (Å²) in [5, 5.41) is 7.16. The first-order chi connectivity index (χ1) is 12.5. The van der Waals surface area contributed by atoms with E-state index in [1.165, 1.54) is 0 Å². The van der Waals surface area contributed by atoms with Crippen molar-refractivity contribution in [2.75, 3.05) is 19.0 Å². The standard InChI is InChI=1S/C19H24N4O3/c1-13(2)23-11-15(8-18(23)24)19(25)21-16-9-20-22(12-16)10-14-5-4-6-17(7-14)26-3/h4-7,9,12-13,15H,8,10-11H2,1-3H3,(H,21,25). The third kappa shape index (κ3) is 4.04. The Morgan fingerprint density at radius 1 is 1.42 bits per heavy atom. The molecule has 1 saturated heterocycles. The predicted octanol–water partition coefficient (Wildman–Crippen LogP) is 2.14. The van der Waals surface area contributed by atoms with Crippen LogP contribution in [-0.2, 0) is 16.1 Å². The fraction of sp³-hybridized carbons (Fsp3) is 0.421. The lowest BCUT2D eigenvalue weighted by Gasteiger charge is -2.20. The predicted molar refractivity (Wildman–Crippen MR) is 97.9 cm³/mol. The van der Waals surface area contributed by atoms with Gasteiger partial charge in [0.15, 0.2) is 0 Å². The lowest BCUT2D eigenvalue weighted by atomic mass is 10.1. The summed E-state index contributed by atoms with van der Waals surface area (Å²) in [5.41, 5.74) is 1.69. The van der Waals surface area contributed by atoms with Crippen molar-refractivity contribution in [2.24, 2.45) is 5.92 Å². The molecule has 1 aromatic heterocycles. The minimum absolute atomic E-state index is 0.0360. The Labute approximate surface area is 152 Å². The Kier molecular flexibility index (Phi) is 5.25. The molecule has 1 aliphatic rings. The van der Waals surface area contributed by atoms with Crippen LogP contribution in [0.1, 0.15) is 25.8 Å². The summed E-state index contributed by atoms with van der Waals surface area (Å²) in [6.45, 7) is 4.97. The number of hydrogen-bond donors (Lipinski definition) is 1. The number of amides is 2. The van der Waals surface area contributed by atoms with Crippen molar-refractivity contribution in [1.29, 1.82) is 0 Å². The summed E-state index contributed by atoms with van der Waals surface area (Å²) in [6.07, 6.45) is 3.67. The minimum Gasteiger partial charge on any atom is -0.497 e. The maximum Gasteiger partial charge on any atom is 0.229 e. The molecule has 0 radical (unpaired) electrons. The number of benzene rings is 1. The van der Waals surface area contributed by atoms with Crippen LogP contribution in [0, 0.1) is 5.92 Å². The quantitative estimate of drug-likeness (QED) is 0.860. The Balaban J connectivity index is 1.60. The maximum atomic E-state index is 12.4. The number of hydrogen-bond acceptors (Lipinski definition) is 4. The molecule has 2 heterocycles. The van der Waals surface area contributed by atoms with Crippen LogP contribution < -0.4 is 10.1 Å². The van der Waals surface area contributed by atoms with Gasteiger partial charge in [-0.15, -0.1) is 0 Å². The molecule has 0 aliphatic carbocycles. The van der Waals surface area contributed by atoms with Crippen molar-refractivity contribution in [1.82, 2.24) is 14.7 Å². The Morgan fingerprint density at radius 3 is 2.92 bits per heavy atom. The highest BCUT2D eigenvalue weighted by molar-refractivity contribution is 5.97. The van der Waals surface area contributed by atoms with Gasteiger partial charge in [-0.25, -0.2) is 0 Å². The maximum absolute atomic E-state index is 12.4. The molecule has 3 rings (SSSR count).